The fourth-order valence-corrected chi connectivity index (χ4v) is 4.50. The van der Waals surface area contributed by atoms with Crippen molar-refractivity contribution in [3.63, 3.8) is 0 Å². The van der Waals surface area contributed by atoms with E-state index < -0.39 is 0 Å². The Morgan fingerprint density at radius 2 is 2.00 bits per heavy atom. The Morgan fingerprint density at radius 1 is 1.38 bits per heavy atom. The van der Waals surface area contributed by atoms with Gasteiger partial charge in [-0.3, -0.25) is 0 Å². The van der Waals surface area contributed by atoms with Crippen LogP contribution in [-0.2, 0) is 0 Å². The molecule has 2 aliphatic rings. The van der Waals surface area contributed by atoms with Crippen LogP contribution in [0.2, 0.25) is 0 Å². The molecule has 1 N–H and O–H groups in total. The van der Waals surface area contributed by atoms with Gasteiger partial charge in [-0.1, -0.05) is 13.8 Å². The van der Waals surface area contributed by atoms with E-state index >= 15 is 0 Å². The highest BCUT2D eigenvalue weighted by Crippen LogP contribution is 2.63. The zero-order chi connectivity index (χ0) is 9.69. The molecule has 2 fully saturated rings. The van der Waals surface area contributed by atoms with E-state index in [1.165, 1.54) is 25.0 Å². The number of aliphatic hydroxyl groups is 1. The molecular weight excluding hydrogens is 180 g/mol. The highest BCUT2D eigenvalue weighted by atomic mass is 32.2. The summed E-state index contributed by atoms with van der Waals surface area (Å²) in [7, 11) is 0. The maximum absolute atomic E-state index is 9.83. The summed E-state index contributed by atoms with van der Waals surface area (Å²) in [5.74, 6) is 2.02. The molecule has 0 aromatic carbocycles. The molecule has 1 saturated heterocycles. The average molecular weight is 200 g/mol. The second kappa shape index (κ2) is 2.90. The Hall–Kier alpha value is 0.310. The molecule has 0 aromatic rings. The van der Waals surface area contributed by atoms with Gasteiger partial charge in [0, 0.05) is 10.2 Å². The lowest BCUT2D eigenvalue weighted by Crippen LogP contribution is -2.36. The zero-order valence-corrected chi connectivity index (χ0v) is 9.66. The van der Waals surface area contributed by atoms with Gasteiger partial charge in [-0.25, -0.2) is 0 Å². The molecule has 1 nitrogen and oxygen atoms in total. The Bertz CT molecular complexity index is 206. The number of rotatable bonds is 2. The zero-order valence-electron chi connectivity index (χ0n) is 8.84. The average Bonchev–Trinajstić information content (AvgIpc) is 2.72. The SMILES string of the molecule is CC(O)C1(C2CCSC2(C)C)CC1. The molecule has 13 heavy (non-hydrogen) atoms. The van der Waals surface area contributed by atoms with E-state index in [4.69, 9.17) is 0 Å². The minimum atomic E-state index is -0.101. The molecule has 0 bridgehead atoms. The van der Waals surface area contributed by atoms with Gasteiger partial charge in [0.1, 0.15) is 0 Å². The number of aliphatic hydroxyl groups excluding tert-OH is 1. The van der Waals surface area contributed by atoms with Crippen LogP contribution in [0.3, 0.4) is 0 Å². The van der Waals surface area contributed by atoms with Crippen LogP contribution in [0.1, 0.15) is 40.0 Å². The fraction of sp³-hybridized carbons (Fsp3) is 1.00. The van der Waals surface area contributed by atoms with Crippen LogP contribution in [0.5, 0.6) is 0 Å². The highest BCUT2D eigenvalue weighted by molar-refractivity contribution is 8.00. The lowest BCUT2D eigenvalue weighted by molar-refractivity contribution is 0.0592. The van der Waals surface area contributed by atoms with E-state index in [1.54, 1.807) is 0 Å². The predicted molar refractivity (Wildman–Crippen MR) is 58.0 cm³/mol. The summed E-state index contributed by atoms with van der Waals surface area (Å²) in [5.41, 5.74) is 0.299. The normalized spacial score (nSPS) is 37.4. The van der Waals surface area contributed by atoms with Crippen molar-refractivity contribution in [1.82, 2.24) is 0 Å². The summed E-state index contributed by atoms with van der Waals surface area (Å²) in [6, 6.07) is 0. The first-order valence-corrected chi connectivity index (χ1v) is 6.30. The monoisotopic (exact) mass is 200 g/mol. The molecule has 0 amide bonds. The summed E-state index contributed by atoms with van der Waals surface area (Å²) < 4.78 is 0.396. The minimum Gasteiger partial charge on any atom is -0.393 e. The topological polar surface area (TPSA) is 20.2 Å². The third-order valence-electron chi connectivity index (χ3n) is 4.07. The molecule has 0 radical (unpaired) electrons. The first kappa shape index (κ1) is 9.85. The van der Waals surface area contributed by atoms with Crippen LogP contribution < -0.4 is 0 Å². The van der Waals surface area contributed by atoms with Gasteiger partial charge in [-0.15, -0.1) is 0 Å². The summed E-state index contributed by atoms with van der Waals surface area (Å²) in [5, 5.41) is 9.83. The van der Waals surface area contributed by atoms with Gasteiger partial charge in [0.25, 0.3) is 0 Å². The van der Waals surface area contributed by atoms with Crippen LogP contribution in [0.25, 0.3) is 0 Å². The maximum Gasteiger partial charge on any atom is 0.0571 e. The van der Waals surface area contributed by atoms with Gasteiger partial charge < -0.3 is 5.11 Å². The molecule has 0 spiro atoms. The summed E-state index contributed by atoms with van der Waals surface area (Å²) in [6.45, 7) is 6.67. The molecule has 2 rings (SSSR count). The van der Waals surface area contributed by atoms with Gasteiger partial charge in [0.15, 0.2) is 0 Å². The smallest absolute Gasteiger partial charge is 0.0571 e. The molecular formula is C11H20OS. The molecule has 1 heterocycles. The van der Waals surface area contributed by atoms with Crippen LogP contribution in [0, 0.1) is 11.3 Å². The first-order valence-electron chi connectivity index (χ1n) is 5.31. The summed E-state index contributed by atoms with van der Waals surface area (Å²) in [6.07, 6.45) is 3.71. The van der Waals surface area contributed by atoms with E-state index in [0.29, 0.717) is 10.2 Å². The van der Waals surface area contributed by atoms with Crippen LogP contribution in [0.15, 0.2) is 0 Å². The van der Waals surface area contributed by atoms with Crippen molar-refractivity contribution in [3.8, 4) is 0 Å². The Morgan fingerprint density at radius 3 is 2.31 bits per heavy atom. The van der Waals surface area contributed by atoms with Gasteiger partial charge in [0.05, 0.1) is 6.10 Å². The molecule has 2 heteroatoms. The number of hydrogen-bond donors (Lipinski definition) is 1. The third kappa shape index (κ3) is 1.42. The maximum atomic E-state index is 9.83. The highest BCUT2D eigenvalue weighted by Gasteiger charge is 2.58. The van der Waals surface area contributed by atoms with E-state index in [1.807, 2.05) is 6.92 Å². The van der Waals surface area contributed by atoms with Crippen LogP contribution in [0.4, 0.5) is 0 Å². The Kier molecular flexibility index (Phi) is 2.20. The van der Waals surface area contributed by atoms with Gasteiger partial charge >= 0.3 is 0 Å². The van der Waals surface area contributed by atoms with Gasteiger partial charge in [-0.2, -0.15) is 11.8 Å². The van der Waals surface area contributed by atoms with E-state index in [-0.39, 0.29) is 6.10 Å². The van der Waals surface area contributed by atoms with Gasteiger partial charge in [0.2, 0.25) is 0 Å². The van der Waals surface area contributed by atoms with Crippen molar-refractivity contribution in [1.29, 1.82) is 0 Å². The number of hydrogen-bond acceptors (Lipinski definition) is 2. The second-order valence-electron chi connectivity index (χ2n) is 5.20. The van der Waals surface area contributed by atoms with Crippen molar-refractivity contribution in [3.05, 3.63) is 0 Å². The van der Waals surface area contributed by atoms with E-state index in [0.717, 1.165) is 5.92 Å². The lowest BCUT2D eigenvalue weighted by Gasteiger charge is -2.35. The van der Waals surface area contributed by atoms with Crippen LogP contribution >= 0.6 is 11.8 Å². The molecule has 2 atom stereocenters. The van der Waals surface area contributed by atoms with Crippen molar-refractivity contribution in [2.24, 2.45) is 11.3 Å². The van der Waals surface area contributed by atoms with Crippen molar-refractivity contribution in [2.75, 3.05) is 5.75 Å². The van der Waals surface area contributed by atoms with Crippen LogP contribution in [-0.4, -0.2) is 21.7 Å². The van der Waals surface area contributed by atoms with Crippen molar-refractivity contribution < 1.29 is 5.11 Å². The van der Waals surface area contributed by atoms with Gasteiger partial charge in [-0.05, 0) is 37.9 Å². The Balaban J connectivity index is 2.17. The summed E-state index contributed by atoms with van der Waals surface area (Å²) >= 11 is 2.08. The van der Waals surface area contributed by atoms with Crippen molar-refractivity contribution >= 4 is 11.8 Å². The molecule has 2 unspecified atom stereocenters. The lowest BCUT2D eigenvalue weighted by atomic mass is 9.76. The molecule has 76 valence electrons. The quantitative estimate of drug-likeness (QED) is 0.739. The molecule has 1 saturated carbocycles. The van der Waals surface area contributed by atoms with E-state index in [2.05, 4.69) is 25.6 Å². The summed E-state index contributed by atoms with van der Waals surface area (Å²) in [4.78, 5) is 0. The molecule has 1 aliphatic heterocycles. The first-order chi connectivity index (χ1) is 5.99. The Labute approximate surface area is 85.3 Å². The number of thioether (sulfide) groups is 1. The standard InChI is InChI=1S/C11H20OS/c1-8(12)11(5-6-11)9-4-7-13-10(9,2)3/h8-9,12H,4-7H2,1-3H3. The van der Waals surface area contributed by atoms with Crippen molar-refractivity contribution in [2.45, 2.75) is 50.9 Å². The molecule has 1 aliphatic carbocycles. The fourth-order valence-electron chi connectivity index (χ4n) is 3.07. The minimum absolute atomic E-state index is 0.101. The largest absolute Gasteiger partial charge is 0.393 e. The predicted octanol–water partition coefficient (Wildman–Crippen LogP) is 2.68. The molecule has 0 aromatic heterocycles. The third-order valence-corrected chi connectivity index (χ3v) is 5.54. The van der Waals surface area contributed by atoms with E-state index in [9.17, 15) is 5.11 Å². The second-order valence-corrected chi connectivity index (χ2v) is 6.95.